The van der Waals surface area contributed by atoms with Gasteiger partial charge in [-0.05, 0) is 31.2 Å². The molecular weight excluding hydrogens is 258 g/mol. The van der Waals surface area contributed by atoms with Gasteiger partial charge in [-0.1, -0.05) is 62.6 Å². The average molecular weight is 285 g/mol. The standard InChI is InChI=1S/C19H27NO/c1-3-9-18(19(15-20)10-4-2)13-8-14-21-16-17-11-6-5-7-12-17/h5-7,11-12H,3-4,8-10,13-14,16H2,1-2H3/b19-18-. The van der Waals surface area contributed by atoms with E-state index in [0.29, 0.717) is 6.61 Å². The summed E-state index contributed by atoms with van der Waals surface area (Å²) in [6, 6.07) is 12.6. The van der Waals surface area contributed by atoms with E-state index in [1.807, 2.05) is 18.2 Å². The highest BCUT2D eigenvalue weighted by molar-refractivity contribution is 5.27. The van der Waals surface area contributed by atoms with Gasteiger partial charge in [-0.15, -0.1) is 0 Å². The molecule has 0 heterocycles. The molecule has 0 unspecified atom stereocenters. The number of nitriles is 1. The molecule has 0 aliphatic rings. The highest BCUT2D eigenvalue weighted by Gasteiger charge is 2.05. The van der Waals surface area contributed by atoms with E-state index in [1.165, 1.54) is 11.1 Å². The third-order valence-corrected chi connectivity index (χ3v) is 3.49. The summed E-state index contributed by atoms with van der Waals surface area (Å²) in [4.78, 5) is 0. The van der Waals surface area contributed by atoms with Gasteiger partial charge in [-0.2, -0.15) is 5.26 Å². The molecule has 2 heteroatoms. The van der Waals surface area contributed by atoms with Gasteiger partial charge in [0.1, 0.15) is 0 Å². The fraction of sp³-hybridized carbons (Fsp3) is 0.526. The largest absolute Gasteiger partial charge is 0.377 e. The maximum Gasteiger partial charge on any atom is 0.0946 e. The van der Waals surface area contributed by atoms with Crippen LogP contribution in [-0.2, 0) is 11.3 Å². The molecule has 0 bridgehead atoms. The number of benzene rings is 1. The molecule has 0 aliphatic heterocycles. The number of allylic oxidation sites excluding steroid dienone is 2. The van der Waals surface area contributed by atoms with Crippen LogP contribution >= 0.6 is 0 Å². The zero-order chi connectivity index (χ0) is 15.3. The highest BCUT2D eigenvalue weighted by atomic mass is 16.5. The third-order valence-electron chi connectivity index (χ3n) is 3.49. The van der Waals surface area contributed by atoms with Crippen molar-refractivity contribution in [1.29, 1.82) is 5.26 Å². The summed E-state index contributed by atoms with van der Waals surface area (Å²) in [6.07, 6.45) is 6.09. The Labute approximate surface area is 129 Å². The molecule has 0 aliphatic carbocycles. The Morgan fingerprint density at radius 3 is 2.38 bits per heavy atom. The van der Waals surface area contributed by atoms with Crippen molar-refractivity contribution in [3.05, 3.63) is 47.0 Å². The first-order chi connectivity index (χ1) is 10.3. The van der Waals surface area contributed by atoms with Crippen LogP contribution in [0.3, 0.4) is 0 Å². The SMILES string of the molecule is CCC/C(C#N)=C(\CCC)CCCOCc1ccccc1. The first-order valence-corrected chi connectivity index (χ1v) is 8.04. The molecule has 21 heavy (non-hydrogen) atoms. The van der Waals surface area contributed by atoms with E-state index in [2.05, 4.69) is 32.0 Å². The number of rotatable bonds is 10. The molecule has 2 nitrogen and oxygen atoms in total. The van der Waals surface area contributed by atoms with Crippen molar-refractivity contribution < 1.29 is 4.74 Å². The minimum atomic E-state index is 0.674. The van der Waals surface area contributed by atoms with Gasteiger partial charge in [0.05, 0.1) is 12.7 Å². The van der Waals surface area contributed by atoms with Gasteiger partial charge >= 0.3 is 0 Å². The normalized spacial score (nSPS) is 11.9. The van der Waals surface area contributed by atoms with E-state index in [0.717, 1.165) is 50.7 Å². The summed E-state index contributed by atoms with van der Waals surface area (Å²) >= 11 is 0. The Hall–Kier alpha value is -1.59. The minimum absolute atomic E-state index is 0.674. The zero-order valence-corrected chi connectivity index (χ0v) is 13.4. The predicted molar refractivity (Wildman–Crippen MR) is 87.8 cm³/mol. The monoisotopic (exact) mass is 285 g/mol. The quantitative estimate of drug-likeness (QED) is 0.425. The fourth-order valence-electron chi connectivity index (χ4n) is 2.44. The van der Waals surface area contributed by atoms with Crippen LogP contribution in [0.25, 0.3) is 0 Å². The molecule has 0 spiro atoms. The third kappa shape index (κ3) is 7.11. The van der Waals surface area contributed by atoms with E-state index < -0.39 is 0 Å². The van der Waals surface area contributed by atoms with Crippen LogP contribution in [0.15, 0.2) is 41.5 Å². The summed E-state index contributed by atoms with van der Waals surface area (Å²) in [6.45, 7) is 5.73. The second kappa shape index (κ2) is 11.1. The van der Waals surface area contributed by atoms with Gasteiger partial charge in [0.15, 0.2) is 0 Å². The summed E-state index contributed by atoms with van der Waals surface area (Å²) in [5.74, 6) is 0. The van der Waals surface area contributed by atoms with Crippen molar-refractivity contribution in [2.24, 2.45) is 0 Å². The lowest BCUT2D eigenvalue weighted by Crippen LogP contribution is -1.98. The maximum atomic E-state index is 9.27. The summed E-state index contributed by atoms with van der Waals surface area (Å²) in [5.41, 5.74) is 3.55. The summed E-state index contributed by atoms with van der Waals surface area (Å²) < 4.78 is 5.72. The van der Waals surface area contributed by atoms with Crippen LogP contribution in [0.1, 0.15) is 57.9 Å². The molecule has 0 radical (unpaired) electrons. The van der Waals surface area contributed by atoms with E-state index in [4.69, 9.17) is 4.74 Å². The number of ether oxygens (including phenoxy) is 1. The van der Waals surface area contributed by atoms with E-state index >= 15 is 0 Å². The number of hydrogen-bond acceptors (Lipinski definition) is 2. The molecule has 0 aromatic heterocycles. The first kappa shape index (κ1) is 17.5. The predicted octanol–water partition coefficient (Wildman–Crippen LogP) is 5.40. The van der Waals surface area contributed by atoms with Crippen molar-refractivity contribution >= 4 is 0 Å². The number of nitrogens with zero attached hydrogens (tertiary/aromatic N) is 1. The average Bonchev–Trinajstić information content (AvgIpc) is 2.52. The Bertz CT molecular complexity index is 456. The van der Waals surface area contributed by atoms with Gasteiger partial charge in [0.25, 0.3) is 0 Å². The smallest absolute Gasteiger partial charge is 0.0946 e. The van der Waals surface area contributed by atoms with Gasteiger partial charge in [-0.3, -0.25) is 0 Å². The van der Waals surface area contributed by atoms with Gasteiger partial charge < -0.3 is 4.74 Å². The Balaban J connectivity index is 2.35. The van der Waals surface area contributed by atoms with Crippen molar-refractivity contribution in [1.82, 2.24) is 0 Å². The Morgan fingerprint density at radius 1 is 1.05 bits per heavy atom. The molecule has 1 rings (SSSR count). The molecule has 1 aromatic carbocycles. The van der Waals surface area contributed by atoms with Crippen LogP contribution < -0.4 is 0 Å². The zero-order valence-electron chi connectivity index (χ0n) is 13.4. The van der Waals surface area contributed by atoms with Crippen LogP contribution in [0.2, 0.25) is 0 Å². The minimum Gasteiger partial charge on any atom is -0.377 e. The second-order valence-electron chi connectivity index (χ2n) is 5.34. The number of hydrogen-bond donors (Lipinski definition) is 0. The molecule has 0 atom stereocenters. The molecule has 1 aromatic rings. The van der Waals surface area contributed by atoms with E-state index in [9.17, 15) is 5.26 Å². The van der Waals surface area contributed by atoms with E-state index in [1.54, 1.807) is 0 Å². The van der Waals surface area contributed by atoms with Crippen molar-refractivity contribution in [2.45, 2.75) is 59.0 Å². The molecule has 0 saturated heterocycles. The molecule has 0 amide bonds. The molecule has 0 saturated carbocycles. The molecule has 114 valence electrons. The van der Waals surface area contributed by atoms with Crippen LogP contribution in [0, 0.1) is 11.3 Å². The van der Waals surface area contributed by atoms with Crippen LogP contribution in [-0.4, -0.2) is 6.61 Å². The van der Waals surface area contributed by atoms with Crippen molar-refractivity contribution in [2.75, 3.05) is 6.61 Å². The lowest BCUT2D eigenvalue weighted by Gasteiger charge is -2.10. The van der Waals surface area contributed by atoms with Gasteiger partial charge in [-0.25, -0.2) is 0 Å². The van der Waals surface area contributed by atoms with Crippen molar-refractivity contribution in [3.63, 3.8) is 0 Å². The Kier molecular flexibility index (Phi) is 9.24. The van der Waals surface area contributed by atoms with Crippen molar-refractivity contribution in [3.8, 4) is 6.07 Å². The summed E-state index contributed by atoms with van der Waals surface area (Å²) in [7, 11) is 0. The fourth-order valence-corrected chi connectivity index (χ4v) is 2.44. The topological polar surface area (TPSA) is 33.0 Å². The lowest BCUT2D eigenvalue weighted by molar-refractivity contribution is 0.118. The molecule has 0 fully saturated rings. The maximum absolute atomic E-state index is 9.27. The van der Waals surface area contributed by atoms with Gasteiger partial charge in [0.2, 0.25) is 0 Å². The lowest BCUT2D eigenvalue weighted by atomic mass is 9.97. The second-order valence-corrected chi connectivity index (χ2v) is 5.34. The highest BCUT2D eigenvalue weighted by Crippen LogP contribution is 2.20. The molecular formula is C19H27NO. The Morgan fingerprint density at radius 2 is 1.76 bits per heavy atom. The van der Waals surface area contributed by atoms with Crippen LogP contribution in [0.5, 0.6) is 0 Å². The molecule has 0 N–H and O–H groups in total. The van der Waals surface area contributed by atoms with E-state index in [-0.39, 0.29) is 0 Å². The van der Waals surface area contributed by atoms with Crippen LogP contribution in [0.4, 0.5) is 0 Å². The van der Waals surface area contributed by atoms with Gasteiger partial charge in [0, 0.05) is 12.2 Å². The first-order valence-electron chi connectivity index (χ1n) is 8.04. The summed E-state index contributed by atoms with van der Waals surface area (Å²) in [5, 5.41) is 9.27.